The van der Waals surface area contributed by atoms with Crippen LogP contribution in [0.5, 0.6) is 0 Å². The topological polar surface area (TPSA) is 67.6 Å². The highest BCUT2D eigenvalue weighted by Gasteiger charge is 2.30. The molecule has 0 saturated carbocycles. The van der Waals surface area contributed by atoms with Crippen LogP contribution >= 0.6 is 0 Å². The third-order valence-corrected chi connectivity index (χ3v) is 7.65. The highest BCUT2D eigenvalue weighted by Crippen LogP contribution is 2.38. The first-order valence-corrected chi connectivity index (χ1v) is 12.2. The van der Waals surface area contributed by atoms with Gasteiger partial charge in [0.05, 0.1) is 29.6 Å². The van der Waals surface area contributed by atoms with Crippen LogP contribution in [-0.4, -0.2) is 46.9 Å². The van der Waals surface area contributed by atoms with E-state index in [1.807, 2.05) is 0 Å². The molecule has 2 aliphatic heterocycles. The molecular formula is C27H32FN3O3. The standard InChI is InChI=1S/C27H32FN3O3/c1-16-6-8-18(13-22(16)28)21(27(32)33)14-25-29-26-20-9-7-17(2)30(3)23(20)10-11-24(26)31(25)19-5-4-12-34-15-19/h6,8,10-11,13,17,19,21H,4-5,7,9,12,14-15H2,1-3H3,(H,32,33). The third kappa shape index (κ3) is 3.96. The molecule has 0 radical (unpaired) electrons. The van der Waals surface area contributed by atoms with Crippen molar-refractivity contribution in [2.75, 3.05) is 25.2 Å². The quantitative estimate of drug-likeness (QED) is 0.573. The van der Waals surface area contributed by atoms with Crippen molar-refractivity contribution in [2.24, 2.45) is 0 Å². The maximum atomic E-state index is 14.3. The Hall–Kier alpha value is -2.93. The Morgan fingerprint density at radius 1 is 1.29 bits per heavy atom. The summed E-state index contributed by atoms with van der Waals surface area (Å²) >= 11 is 0. The lowest BCUT2D eigenvalue weighted by Crippen LogP contribution is -2.33. The zero-order valence-electron chi connectivity index (χ0n) is 20.1. The average Bonchev–Trinajstić information content (AvgIpc) is 3.20. The van der Waals surface area contributed by atoms with Crippen LogP contribution in [0, 0.1) is 12.7 Å². The number of anilines is 1. The van der Waals surface area contributed by atoms with E-state index < -0.39 is 11.9 Å². The maximum absolute atomic E-state index is 14.3. The Balaban J connectivity index is 1.63. The molecule has 2 aromatic carbocycles. The van der Waals surface area contributed by atoms with Crippen LogP contribution < -0.4 is 4.90 Å². The summed E-state index contributed by atoms with van der Waals surface area (Å²) < 4.78 is 22.3. The molecule has 0 bridgehead atoms. The summed E-state index contributed by atoms with van der Waals surface area (Å²) in [7, 11) is 2.12. The van der Waals surface area contributed by atoms with Crippen molar-refractivity contribution in [3.8, 4) is 0 Å². The number of carbonyl (C=O) groups is 1. The van der Waals surface area contributed by atoms with Gasteiger partial charge in [0.25, 0.3) is 0 Å². The molecule has 1 saturated heterocycles. The number of nitrogens with zero attached hydrogens (tertiary/aromatic N) is 3. The van der Waals surface area contributed by atoms with Gasteiger partial charge in [-0.25, -0.2) is 9.37 Å². The largest absolute Gasteiger partial charge is 0.481 e. The van der Waals surface area contributed by atoms with Crippen molar-refractivity contribution in [3.05, 3.63) is 58.7 Å². The van der Waals surface area contributed by atoms with Crippen molar-refractivity contribution in [3.63, 3.8) is 0 Å². The number of ether oxygens (including phenoxy) is 1. The molecule has 2 aliphatic rings. The first kappa shape index (κ1) is 22.8. The first-order chi connectivity index (χ1) is 16.3. The summed E-state index contributed by atoms with van der Waals surface area (Å²) in [6.07, 6.45) is 4.12. The Kier molecular flexibility index (Phi) is 6.06. The average molecular weight is 466 g/mol. The van der Waals surface area contributed by atoms with Gasteiger partial charge >= 0.3 is 5.97 Å². The van der Waals surface area contributed by atoms with Crippen LogP contribution in [0.25, 0.3) is 11.0 Å². The van der Waals surface area contributed by atoms with Gasteiger partial charge in [-0.3, -0.25) is 4.79 Å². The lowest BCUT2D eigenvalue weighted by Gasteiger charge is -2.34. The number of aliphatic carboxylic acids is 1. The number of hydrogen-bond donors (Lipinski definition) is 1. The summed E-state index contributed by atoms with van der Waals surface area (Å²) in [5.41, 5.74) is 5.37. The number of rotatable bonds is 5. The predicted octanol–water partition coefficient (Wildman–Crippen LogP) is 5.02. The van der Waals surface area contributed by atoms with Gasteiger partial charge in [0.15, 0.2) is 0 Å². The normalized spacial score (nSPS) is 21.5. The van der Waals surface area contributed by atoms with Crippen molar-refractivity contribution >= 4 is 22.7 Å². The number of imidazole rings is 1. The van der Waals surface area contributed by atoms with Gasteiger partial charge in [0.2, 0.25) is 0 Å². The summed E-state index contributed by atoms with van der Waals surface area (Å²) in [5.74, 6) is -1.51. The highest BCUT2D eigenvalue weighted by atomic mass is 19.1. The Morgan fingerprint density at radius 3 is 2.82 bits per heavy atom. The molecule has 3 heterocycles. The van der Waals surface area contributed by atoms with E-state index in [9.17, 15) is 14.3 Å². The molecular weight excluding hydrogens is 433 g/mol. The van der Waals surface area contributed by atoms with Gasteiger partial charge in [-0.05, 0) is 68.9 Å². The van der Waals surface area contributed by atoms with Crippen molar-refractivity contribution in [1.82, 2.24) is 9.55 Å². The molecule has 1 N–H and O–H groups in total. The first-order valence-electron chi connectivity index (χ1n) is 12.2. The van der Waals surface area contributed by atoms with E-state index in [1.54, 1.807) is 19.1 Å². The highest BCUT2D eigenvalue weighted by molar-refractivity contribution is 5.86. The van der Waals surface area contributed by atoms with Gasteiger partial charge in [-0.2, -0.15) is 0 Å². The number of hydrogen-bond acceptors (Lipinski definition) is 4. The van der Waals surface area contributed by atoms with Crippen LogP contribution in [0.15, 0.2) is 30.3 Å². The fourth-order valence-electron chi connectivity index (χ4n) is 5.45. The molecule has 0 amide bonds. The third-order valence-electron chi connectivity index (χ3n) is 7.65. The Labute approximate surface area is 199 Å². The van der Waals surface area contributed by atoms with Crippen molar-refractivity contribution < 1.29 is 19.0 Å². The van der Waals surface area contributed by atoms with Crippen molar-refractivity contribution in [1.29, 1.82) is 0 Å². The molecule has 3 atom stereocenters. The van der Waals surface area contributed by atoms with Gasteiger partial charge in [0.1, 0.15) is 11.6 Å². The molecule has 3 aromatic rings. The molecule has 7 heteroatoms. The number of fused-ring (bicyclic) bond motifs is 3. The van der Waals surface area contributed by atoms with Gasteiger partial charge in [-0.1, -0.05) is 12.1 Å². The number of carboxylic acids is 1. The lowest BCUT2D eigenvalue weighted by molar-refractivity contribution is -0.138. The second-order valence-corrected chi connectivity index (χ2v) is 9.80. The minimum Gasteiger partial charge on any atom is -0.481 e. The van der Waals surface area contributed by atoms with E-state index in [2.05, 4.69) is 35.6 Å². The van der Waals surface area contributed by atoms with Gasteiger partial charge < -0.3 is 19.3 Å². The summed E-state index contributed by atoms with van der Waals surface area (Å²) in [6.45, 7) is 5.24. The SMILES string of the molecule is Cc1ccc(C(Cc2nc3c4c(ccc3n2C2CCCOC2)N(C)C(C)CC4)C(=O)O)cc1F. The molecule has 3 unspecified atom stereocenters. The zero-order chi connectivity index (χ0) is 24.0. The van der Waals surface area contributed by atoms with Gasteiger partial charge in [0, 0.05) is 37.4 Å². The van der Waals surface area contributed by atoms with Crippen LogP contribution in [0.2, 0.25) is 0 Å². The molecule has 180 valence electrons. The van der Waals surface area contributed by atoms with E-state index in [1.165, 1.54) is 17.3 Å². The minimum absolute atomic E-state index is 0.108. The summed E-state index contributed by atoms with van der Waals surface area (Å²) in [5, 5.41) is 10.1. The molecule has 0 aliphatic carbocycles. The Bertz CT molecular complexity index is 1230. The maximum Gasteiger partial charge on any atom is 0.311 e. The lowest BCUT2D eigenvalue weighted by atomic mass is 9.94. The minimum atomic E-state index is -0.975. The number of halogens is 1. The van der Waals surface area contributed by atoms with E-state index in [0.29, 0.717) is 23.8 Å². The molecule has 6 nitrogen and oxygen atoms in total. The van der Waals surface area contributed by atoms with Crippen molar-refractivity contribution in [2.45, 2.75) is 64.0 Å². The number of carboxylic acid groups (broad SMARTS) is 1. The molecule has 5 rings (SSSR count). The number of aryl methyl sites for hydroxylation is 2. The van der Waals surface area contributed by atoms with E-state index in [4.69, 9.17) is 9.72 Å². The summed E-state index contributed by atoms with van der Waals surface area (Å²) in [4.78, 5) is 19.7. The molecule has 0 spiro atoms. The molecule has 34 heavy (non-hydrogen) atoms. The van der Waals surface area contributed by atoms with Crippen LogP contribution in [-0.2, 0) is 22.4 Å². The molecule has 1 fully saturated rings. The number of benzene rings is 2. The smallest absolute Gasteiger partial charge is 0.311 e. The fraction of sp³-hybridized carbons (Fsp3) is 0.481. The fourth-order valence-corrected chi connectivity index (χ4v) is 5.45. The van der Waals surface area contributed by atoms with Crippen LogP contribution in [0.4, 0.5) is 10.1 Å². The zero-order valence-corrected chi connectivity index (χ0v) is 20.1. The van der Waals surface area contributed by atoms with Crippen LogP contribution in [0.3, 0.4) is 0 Å². The second kappa shape index (κ2) is 9.02. The second-order valence-electron chi connectivity index (χ2n) is 9.80. The monoisotopic (exact) mass is 465 g/mol. The van der Waals surface area contributed by atoms with Gasteiger partial charge in [-0.15, -0.1) is 0 Å². The predicted molar refractivity (Wildman–Crippen MR) is 130 cm³/mol. The van der Waals surface area contributed by atoms with E-state index >= 15 is 0 Å². The number of aromatic nitrogens is 2. The van der Waals surface area contributed by atoms with E-state index in [0.717, 1.165) is 49.1 Å². The summed E-state index contributed by atoms with van der Waals surface area (Å²) in [6, 6.07) is 9.57. The molecule has 1 aromatic heterocycles. The van der Waals surface area contributed by atoms with Crippen LogP contribution in [0.1, 0.15) is 60.7 Å². The van der Waals surface area contributed by atoms with E-state index in [-0.39, 0.29) is 18.3 Å². The Morgan fingerprint density at radius 2 is 2.12 bits per heavy atom.